The summed E-state index contributed by atoms with van der Waals surface area (Å²) in [6, 6.07) is 14.2. The lowest BCUT2D eigenvalue weighted by atomic mass is 10.1. The van der Waals surface area contributed by atoms with Gasteiger partial charge in [0.15, 0.2) is 23.3 Å². The third-order valence-corrected chi connectivity index (χ3v) is 5.78. The fraction of sp³-hybridized carbons (Fsp3) is 0.375. The first-order valence-electron chi connectivity index (χ1n) is 11.2. The maximum atomic E-state index is 5.84. The Morgan fingerprint density at radius 1 is 1.06 bits per heavy atom. The standard InChI is InChI=1S/C24H28N6O2/c1-17-6-2-3-7-18(17)15-25-24(26-16-23-29-28-22-8-4-11-30(22)23)27-19-9-10-20-21(14-19)32-13-5-12-31-20/h2-3,6-7,9-10,14H,4-5,8,11-13,15-16H2,1H3,(H2,25,26,27). The molecule has 0 saturated heterocycles. The Bertz CT molecular complexity index is 1120. The number of hydrogen-bond acceptors (Lipinski definition) is 5. The number of ether oxygens (including phenoxy) is 2. The Morgan fingerprint density at radius 2 is 1.94 bits per heavy atom. The molecular weight excluding hydrogens is 404 g/mol. The lowest BCUT2D eigenvalue weighted by molar-refractivity contribution is 0.297. The summed E-state index contributed by atoms with van der Waals surface area (Å²) in [5.41, 5.74) is 3.30. The van der Waals surface area contributed by atoms with Gasteiger partial charge in [0.2, 0.25) is 0 Å². The van der Waals surface area contributed by atoms with E-state index in [1.807, 2.05) is 30.3 Å². The molecule has 2 aliphatic rings. The van der Waals surface area contributed by atoms with Gasteiger partial charge in [-0.2, -0.15) is 0 Å². The largest absolute Gasteiger partial charge is 0.490 e. The van der Waals surface area contributed by atoms with Crippen LogP contribution in [-0.4, -0.2) is 33.9 Å². The van der Waals surface area contributed by atoms with E-state index >= 15 is 0 Å². The van der Waals surface area contributed by atoms with E-state index in [2.05, 4.69) is 44.5 Å². The van der Waals surface area contributed by atoms with Gasteiger partial charge >= 0.3 is 0 Å². The normalized spacial score (nSPS) is 15.2. The molecule has 2 aliphatic heterocycles. The molecule has 3 heterocycles. The molecule has 8 nitrogen and oxygen atoms in total. The summed E-state index contributed by atoms with van der Waals surface area (Å²) in [7, 11) is 0. The minimum absolute atomic E-state index is 0.553. The van der Waals surface area contributed by atoms with Gasteiger partial charge in [-0.05, 0) is 36.6 Å². The number of aryl methyl sites for hydroxylation is 2. The number of aromatic nitrogens is 3. The number of guanidine groups is 1. The van der Waals surface area contributed by atoms with Crippen LogP contribution in [0.3, 0.4) is 0 Å². The smallest absolute Gasteiger partial charge is 0.196 e. The Balaban J connectivity index is 1.35. The molecule has 1 aromatic heterocycles. The summed E-state index contributed by atoms with van der Waals surface area (Å²) in [6.45, 7) is 5.54. The Labute approximate surface area is 187 Å². The van der Waals surface area contributed by atoms with Crippen molar-refractivity contribution in [1.29, 1.82) is 0 Å². The molecule has 0 bridgehead atoms. The first-order chi connectivity index (χ1) is 15.8. The molecule has 0 spiro atoms. The second kappa shape index (κ2) is 9.30. The van der Waals surface area contributed by atoms with Crippen LogP contribution in [0.2, 0.25) is 0 Å². The van der Waals surface area contributed by atoms with Crippen LogP contribution in [0, 0.1) is 6.92 Å². The van der Waals surface area contributed by atoms with Crippen molar-refractivity contribution >= 4 is 11.6 Å². The topological polar surface area (TPSA) is 85.6 Å². The average Bonchev–Trinajstić information content (AvgIpc) is 3.34. The van der Waals surface area contributed by atoms with Crippen LogP contribution in [0.4, 0.5) is 5.69 Å². The number of benzene rings is 2. The van der Waals surface area contributed by atoms with Crippen molar-refractivity contribution in [1.82, 2.24) is 20.1 Å². The molecule has 0 amide bonds. The van der Waals surface area contributed by atoms with Crippen LogP contribution in [0.15, 0.2) is 47.5 Å². The van der Waals surface area contributed by atoms with Crippen molar-refractivity contribution in [2.24, 2.45) is 4.99 Å². The van der Waals surface area contributed by atoms with Gasteiger partial charge in [0.25, 0.3) is 0 Å². The van der Waals surface area contributed by atoms with Crippen molar-refractivity contribution in [3.8, 4) is 11.5 Å². The van der Waals surface area contributed by atoms with Gasteiger partial charge in [0.05, 0.1) is 26.3 Å². The average molecular weight is 433 g/mol. The highest BCUT2D eigenvalue weighted by Crippen LogP contribution is 2.32. The molecule has 2 aromatic carbocycles. The third-order valence-electron chi connectivity index (χ3n) is 5.78. The van der Waals surface area contributed by atoms with Gasteiger partial charge in [0.1, 0.15) is 5.82 Å². The van der Waals surface area contributed by atoms with Crippen LogP contribution in [-0.2, 0) is 26.1 Å². The van der Waals surface area contributed by atoms with E-state index in [0.717, 1.165) is 54.6 Å². The molecule has 0 radical (unpaired) electrons. The van der Waals surface area contributed by atoms with E-state index < -0.39 is 0 Å². The van der Waals surface area contributed by atoms with Crippen molar-refractivity contribution in [3.63, 3.8) is 0 Å². The van der Waals surface area contributed by atoms with Crippen LogP contribution in [0.5, 0.6) is 11.5 Å². The highest BCUT2D eigenvalue weighted by molar-refractivity contribution is 5.93. The monoisotopic (exact) mass is 432 g/mol. The Kier molecular flexibility index (Phi) is 5.91. The van der Waals surface area contributed by atoms with Crippen LogP contribution in [0.25, 0.3) is 0 Å². The van der Waals surface area contributed by atoms with E-state index in [0.29, 0.717) is 32.3 Å². The lowest BCUT2D eigenvalue weighted by Gasteiger charge is -2.15. The number of anilines is 1. The lowest BCUT2D eigenvalue weighted by Crippen LogP contribution is -2.31. The molecule has 0 unspecified atom stereocenters. The minimum atomic E-state index is 0.553. The number of nitrogens with one attached hydrogen (secondary N) is 2. The Morgan fingerprint density at radius 3 is 2.84 bits per heavy atom. The molecule has 32 heavy (non-hydrogen) atoms. The molecule has 166 valence electrons. The molecule has 0 saturated carbocycles. The van der Waals surface area contributed by atoms with Crippen molar-refractivity contribution in [3.05, 3.63) is 65.2 Å². The maximum absolute atomic E-state index is 5.84. The van der Waals surface area contributed by atoms with Gasteiger partial charge in [-0.15, -0.1) is 10.2 Å². The molecule has 5 rings (SSSR count). The summed E-state index contributed by atoms with van der Waals surface area (Å²) >= 11 is 0. The quantitative estimate of drug-likeness (QED) is 0.475. The van der Waals surface area contributed by atoms with Crippen molar-refractivity contribution < 1.29 is 9.47 Å². The van der Waals surface area contributed by atoms with Gasteiger partial charge in [-0.3, -0.25) is 0 Å². The second-order valence-corrected chi connectivity index (χ2v) is 8.07. The third kappa shape index (κ3) is 4.54. The predicted molar refractivity (Wildman–Crippen MR) is 123 cm³/mol. The first kappa shape index (κ1) is 20.4. The van der Waals surface area contributed by atoms with Crippen LogP contribution < -0.4 is 20.1 Å². The van der Waals surface area contributed by atoms with E-state index in [4.69, 9.17) is 14.5 Å². The van der Waals surface area contributed by atoms with Gasteiger partial charge < -0.3 is 24.7 Å². The molecule has 0 aliphatic carbocycles. The molecular formula is C24H28N6O2. The van der Waals surface area contributed by atoms with Crippen molar-refractivity contribution in [2.75, 3.05) is 18.5 Å². The fourth-order valence-electron chi connectivity index (χ4n) is 3.97. The zero-order valence-electron chi connectivity index (χ0n) is 18.3. The number of nitrogens with zero attached hydrogens (tertiary/aromatic N) is 4. The highest BCUT2D eigenvalue weighted by atomic mass is 16.5. The summed E-state index contributed by atoms with van der Waals surface area (Å²) in [5.74, 6) is 4.20. The zero-order chi connectivity index (χ0) is 21.8. The summed E-state index contributed by atoms with van der Waals surface area (Å²) in [5, 5.41) is 15.5. The van der Waals surface area contributed by atoms with Crippen LogP contribution >= 0.6 is 0 Å². The predicted octanol–water partition coefficient (Wildman–Crippen LogP) is 3.45. The number of fused-ring (bicyclic) bond motifs is 2. The van der Waals surface area contributed by atoms with Gasteiger partial charge in [-0.25, -0.2) is 4.99 Å². The molecule has 2 N–H and O–H groups in total. The van der Waals surface area contributed by atoms with E-state index in [-0.39, 0.29) is 0 Å². The van der Waals surface area contributed by atoms with E-state index in [1.165, 1.54) is 11.1 Å². The fourth-order valence-corrected chi connectivity index (χ4v) is 3.97. The summed E-state index contributed by atoms with van der Waals surface area (Å²) < 4.78 is 13.8. The molecule has 0 fully saturated rings. The number of hydrogen-bond donors (Lipinski definition) is 2. The number of aliphatic imine (C=N–C) groups is 1. The zero-order valence-corrected chi connectivity index (χ0v) is 18.3. The summed E-state index contributed by atoms with van der Waals surface area (Å²) in [4.78, 5) is 4.84. The molecule has 8 heteroatoms. The second-order valence-electron chi connectivity index (χ2n) is 8.07. The van der Waals surface area contributed by atoms with E-state index in [9.17, 15) is 0 Å². The van der Waals surface area contributed by atoms with Crippen LogP contribution in [0.1, 0.15) is 35.6 Å². The maximum Gasteiger partial charge on any atom is 0.196 e. The molecule has 0 atom stereocenters. The first-order valence-corrected chi connectivity index (χ1v) is 11.2. The van der Waals surface area contributed by atoms with Gasteiger partial charge in [0, 0.05) is 31.1 Å². The van der Waals surface area contributed by atoms with Crippen molar-refractivity contribution in [2.45, 2.75) is 45.8 Å². The molecule has 3 aromatic rings. The SMILES string of the molecule is Cc1ccccc1CN=C(NCc1nnc2n1CCC2)Nc1ccc2c(c1)OCCCO2. The highest BCUT2D eigenvalue weighted by Gasteiger charge is 2.17. The van der Waals surface area contributed by atoms with Gasteiger partial charge in [-0.1, -0.05) is 24.3 Å². The summed E-state index contributed by atoms with van der Waals surface area (Å²) in [6.07, 6.45) is 3.00. The minimum Gasteiger partial charge on any atom is -0.490 e. The number of rotatable bonds is 5. The Hall–Kier alpha value is -3.55. The van der Waals surface area contributed by atoms with E-state index in [1.54, 1.807) is 0 Å².